The maximum Gasteiger partial charge on any atom is 0.119 e. The molecule has 0 saturated carbocycles. The molecule has 128 valence electrons. The van der Waals surface area contributed by atoms with Crippen LogP contribution in [-0.2, 0) is 6.42 Å². The highest BCUT2D eigenvalue weighted by atomic mass is 16.5. The van der Waals surface area contributed by atoms with E-state index in [1.165, 1.54) is 16.7 Å². The van der Waals surface area contributed by atoms with Gasteiger partial charge in [-0.3, -0.25) is 4.98 Å². The van der Waals surface area contributed by atoms with Crippen molar-refractivity contribution in [3.8, 4) is 28.1 Å². The normalized spacial score (nSPS) is 10.6. The number of aromatic nitrogens is 1. The molecule has 0 unspecified atom stereocenters. The van der Waals surface area contributed by atoms with E-state index >= 15 is 0 Å². The summed E-state index contributed by atoms with van der Waals surface area (Å²) in [5.74, 6) is 0.929. The van der Waals surface area contributed by atoms with Crippen LogP contribution in [-0.4, -0.2) is 11.6 Å². The van der Waals surface area contributed by atoms with Crippen LogP contribution >= 0.6 is 0 Å². The topological polar surface area (TPSA) is 22.1 Å². The summed E-state index contributed by atoms with van der Waals surface area (Å²) in [4.78, 5) is 4.59. The minimum atomic E-state index is 0.762. The first-order valence-electron chi connectivity index (χ1n) is 9.08. The van der Waals surface area contributed by atoms with Gasteiger partial charge in [0.2, 0.25) is 0 Å². The SMILES string of the molecule is CCCOc1ccc(-c2ccc(-c3ccc(CCC)cn3)cc2)cc1. The zero-order valence-electron chi connectivity index (χ0n) is 15.0. The molecule has 0 saturated heterocycles. The van der Waals surface area contributed by atoms with E-state index in [1.54, 1.807) is 0 Å². The van der Waals surface area contributed by atoms with Crippen molar-refractivity contribution in [2.45, 2.75) is 33.1 Å². The van der Waals surface area contributed by atoms with Gasteiger partial charge in [0, 0.05) is 11.8 Å². The van der Waals surface area contributed by atoms with Gasteiger partial charge in [0.1, 0.15) is 5.75 Å². The molecule has 1 heterocycles. The molecule has 2 aromatic carbocycles. The van der Waals surface area contributed by atoms with E-state index in [2.05, 4.69) is 67.4 Å². The van der Waals surface area contributed by atoms with Crippen molar-refractivity contribution >= 4 is 0 Å². The number of ether oxygens (including phenoxy) is 1. The molecule has 3 aromatic rings. The smallest absolute Gasteiger partial charge is 0.119 e. The summed E-state index contributed by atoms with van der Waals surface area (Å²) < 4.78 is 5.64. The molecule has 0 bridgehead atoms. The van der Waals surface area contributed by atoms with Gasteiger partial charge >= 0.3 is 0 Å². The quantitative estimate of drug-likeness (QED) is 0.517. The molecule has 0 aliphatic heterocycles. The second kappa shape index (κ2) is 8.48. The predicted molar refractivity (Wildman–Crippen MR) is 105 cm³/mol. The van der Waals surface area contributed by atoms with Crippen LogP contribution in [0.15, 0.2) is 66.9 Å². The van der Waals surface area contributed by atoms with Crippen molar-refractivity contribution in [2.24, 2.45) is 0 Å². The Morgan fingerprint density at radius 2 is 1.36 bits per heavy atom. The maximum absolute atomic E-state index is 5.64. The van der Waals surface area contributed by atoms with Crippen molar-refractivity contribution in [1.29, 1.82) is 0 Å². The third-order valence-electron chi connectivity index (χ3n) is 4.20. The highest BCUT2D eigenvalue weighted by Crippen LogP contribution is 2.25. The van der Waals surface area contributed by atoms with Crippen molar-refractivity contribution in [1.82, 2.24) is 4.98 Å². The van der Waals surface area contributed by atoms with E-state index in [0.29, 0.717) is 0 Å². The first kappa shape index (κ1) is 17.2. The second-order valence-corrected chi connectivity index (χ2v) is 6.25. The van der Waals surface area contributed by atoms with Gasteiger partial charge in [-0.05, 0) is 47.7 Å². The minimum Gasteiger partial charge on any atom is -0.494 e. The number of pyridine rings is 1. The Morgan fingerprint density at radius 3 is 1.92 bits per heavy atom. The lowest BCUT2D eigenvalue weighted by Gasteiger charge is -2.07. The standard InChI is InChI=1S/C23H25NO/c1-3-5-18-6-15-23(24-17-18)21-9-7-19(8-10-21)20-11-13-22(14-12-20)25-16-4-2/h6-15,17H,3-5,16H2,1-2H3. The number of rotatable bonds is 7. The van der Waals surface area contributed by atoms with Gasteiger partial charge in [0.25, 0.3) is 0 Å². The first-order chi connectivity index (χ1) is 12.3. The van der Waals surface area contributed by atoms with Gasteiger partial charge in [-0.15, -0.1) is 0 Å². The van der Waals surface area contributed by atoms with Crippen LogP contribution < -0.4 is 4.74 Å². The number of hydrogen-bond donors (Lipinski definition) is 0. The highest BCUT2D eigenvalue weighted by Gasteiger charge is 2.03. The number of hydrogen-bond acceptors (Lipinski definition) is 2. The third kappa shape index (κ3) is 4.48. The Hall–Kier alpha value is -2.61. The monoisotopic (exact) mass is 331 g/mol. The van der Waals surface area contributed by atoms with Gasteiger partial charge in [0.05, 0.1) is 12.3 Å². The molecule has 0 spiro atoms. The Labute approximate surface area is 150 Å². The van der Waals surface area contributed by atoms with Gasteiger partial charge in [-0.2, -0.15) is 0 Å². The number of benzene rings is 2. The lowest BCUT2D eigenvalue weighted by atomic mass is 10.0. The van der Waals surface area contributed by atoms with Gasteiger partial charge in [0.15, 0.2) is 0 Å². The van der Waals surface area contributed by atoms with Gasteiger partial charge in [-0.1, -0.05) is 62.7 Å². The van der Waals surface area contributed by atoms with Crippen LogP contribution in [0.1, 0.15) is 32.3 Å². The molecular formula is C23H25NO. The molecule has 0 amide bonds. The predicted octanol–water partition coefficient (Wildman–Crippen LogP) is 6.16. The molecule has 0 aliphatic rings. The Morgan fingerprint density at radius 1 is 0.720 bits per heavy atom. The zero-order valence-corrected chi connectivity index (χ0v) is 15.0. The van der Waals surface area contributed by atoms with E-state index < -0.39 is 0 Å². The van der Waals surface area contributed by atoms with Crippen LogP contribution in [0.4, 0.5) is 0 Å². The van der Waals surface area contributed by atoms with E-state index in [4.69, 9.17) is 4.74 Å². The molecule has 0 radical (unpaired) electrons. The van der Waals surface area contributed by atoms with Gasteiger partial charge in [-0.25, -0.2) is 0 Å². The second-order valence-electron chi connectivity index (χ2n) is 6.25. The average Bonchev–Trinajstić information content (AvgIpc) is 2.68. The summed E-state index contributed by atoms with van der Waals surface area (Å²) in [5, 5.41) is 0. The van der Waals surface area contributed by atoms with E-state index in [9.17, 15) is 0 Å². The largest absolute Gasteiger partial charge is 0.494 e. The van der Waals surface area contributed by atoms with Gasteiger partial charge < -0.3 is 4.74 Å². The van der Waals surface area contributed by atoms with Crippen LogP contribution in [0.25, 0.3) is 22.4 Å². The molecule has 1 aromatic heterocycles. The molecule has 3 rings (SSSR count). The molecule has 2 nitrogen and oxygen atoms in total. The van der Waals surface area contributed by atoms with E-state index in [-0.39, 0.29) is 0 Å². The molecule has 0 N–H and O–H groups in total. The fourth-order valence-corrected chi connectivity index (χ4v) is 2.83. The third-order valence-corrected chi connectivity index (χ3v) is 4.20. The van der Waals surface area contributed by atoms with Crippen LogP contribution in [0.5, 0.6) is 5.75 Å². The van der Waals surface area contributed by atoms with Crippen LogP contribution in [0, 0.1) is 0 Å². The molecule has 0 aliphatic carbocycles. The summed E-state index contributed by atoms with van der Waals surface area (Å²) in [5.41, 5.74) is 5.87. The lowest BCUT2D eigenvalue weighted by molar-refractivity contribution is 0.317. The van der Waals surface area contributed by atoms with E-state index in [1.807, 2.05) is 18.3 Å². The Balaban J connectivity index is 1.73. The van der Waals surface area contributed by atoms with Crippen molar-refractivity contribution in [3.05, 3.63) is 72.4 Å². The van der Waals surface area contributed by atoms with Crippen molar-refractivity contribution in [3.63, 3.8) is 0 Å². The molecule has 2 heteroatoms. The fraction of sp³-hybridized carbons (Fsp3) is 0.261. The molecular weight excluding hydrogens is 306 g/mol. The zero-order chi connectivity index (χ0) is 17.5. The number of nitrogens with zero attached hydrogens (tertiary/aromatic N) is 1. The molecule has 0 atom stereocenters. The maximum atomic E-state index is 5.64. The Bertz CT molecular complexity index is 774. The summed E-state index contributed by atoms with van der Waals surface area (Å²) in [6, 6.07) is 21.2. The average molecular weight is 331 g/mol. The fourth-order valence-electron chi connectivity index (χ4n) is 2.83. The summed E-state index contributed by atoms with van der Waals surface area (Å²) in [6.07, 6.45) is 5.25. The lowest BCUT2D eigenvalue weighted by Crippen LogP contribution is -1.94. The Kier molecular flexibility index (Phi) is 5.84. The molecule has 25 heavy (non-hydrogen) atoms. The first-order valence-corrected chi connectivity index (χ1v) is 9.08. The van der Waals surface area contributed by atoms with Crippen molar-refractivity contribution < 1.29 is 4.74 Å². The highest BCUT2D eigenvalue weighted by molar-refractivity contribution is 5.69. The summed E-state index contributed by atoms with van der Waals surface area (Å²) >= 11 is 0. The summed E-state index contributed by atoms with van der Waals surface area (Å²) in [6.45, 7) is 5.06. The summed E-state index contributed by atoms with van der Waals surface area (Å²) in [7, 11) is 0. The van der Waals surface area contributed by atoms with Crippen molar-refractivity contribution in [2.75, 3.05) is 6.61 Å². The number of aryl methyl sites for hydroxylation is 1. The minimum absolute atomic E-state index is 0.762. The van der Waals surface area contributed by atoms with E-state index in [0.717, 1.165) is 42.9 Å². The molecule has 0 fully saturated rings. The van der Waals surface area contributed by atoms with Crippen LogP contribution in [0.2, 0.25) is 0 Å². The van der Waals surface area contributed by atoms with Crippen LogP contribution in [0.3, 0.4) is 0 Å².